The first-order valence-corrected chi connectivity index (χ1v) is 6.95. The summed E-state index contributed by atoms with van der Waals surface area (Å²) in [5.74, 6) is -1.13. The Bertz CT molecular complexity index is 458. The molecule has 2 unspecified atom stereocenters. The predicted octanol–water partition coefficient (Wildman–Crippen LogP) is 3.79. The molecule has 2 atom stereocenters. The molecule has 0 saturated heterocycles. The van der Waals surface area contributed by atoms with Gasteiger partial charge in [-0.25, -0.2) is 0 Å². The van der Waals surface area contributed by atoms with Gasteiger partial charge in [-0.15, -0.1) is 0 Å². The summed E-state index contributed by atoms with van der Waals surface area (Å²) in [6, 6.07) is 4.99. The quantitative estimate of drug-likeness (QED) is 0.842. The van der Waals surface area contributed by atoms with Gasteiger partial charge in [0.25, 0.3) is 0 Å². The number of rotatable bonds is 5. The van der Waals surface area contributed by atoms with Crippen LogP contribution in [0, 0.1) is 5.92 Å². The van der Waals surface area contributed by atoms with Crippen molar-refractivity contribution in [2.24, 2.45) is 5.92 Å². The molecule has 0 aliphatic carbocycles. The van der Waals surface area contributed by atoms with Crippen molar-refractivity contribution in [2.75, 3.05) is 6.61 Å². The number of esters is 1. The first-order valence-electron chi connectivity index (χ1n) is 6.19. The monoisotopic (exact) mass is 304 g/mol. The highest BCUT2D eigenvalue weighted by Gasteiger charge is 2.40. The SMILES string of the molecule is CCOC(=O)C(CC)C(C)(O)c1cccc(Cl)c1Cl. The van der Waals surface area contributed by atoms with E-state index in [2.05, 4.69) is 0 Å². The zero-order valence-corrected chi connectivity index (χ0v) is 12.8. The molecule has 1 rings (SSSR count). The molecule has 0 aliphatic heterocycles. The minimum absolute atomic E-state index is 0.261. The van der Waals surface area contributed by atoms with E-state index in [0.29, 0.717) is 17.0 Å². The zero-order valence-electron chi connectivity index (χ0n) is 11.2. The molecule has 5 heteroatoms. The number of benzene rings is 1. The summed E-state index contributed by atoms with van der Waals surface area (Å²) < 4.78 is 5.00. The van der Waals surface area contributed by atoms with Crippen LogP contribution in [0.3, 0.4) is 0 Å². The Morgan fingerprint density at radius 3 is 2.58 bits per heavy atom. The number of ether oxygens (including phenoxy) is 1. The van der Waals surface area contributed by atoms with Crippen molar-refractivity contribution >= 4 is 29.2 Å². The molecule has 3 nitrogen and oxygen atoms in total. The first kappa shape index (κ1) is 16.3. The molecule has 0 heterocycles. The topological polar surface area (TPSA) is 46.5 Å². The number of carbonyl (C=O) groups is 1. The molecule has 0 spiro atoms. The second-order valence-corrected chi connectivity index (χ2v) is 5.25. The van der Waals surface area contributed by atoms with E-state index in [1.54, 1.807) is 32.0 Å². The minimum Gasteiger partial charge on any atom is -0.466 e. The Kier molecular flexibility index (Phi) is 5.65. The maximum atomic E-state index is 11.9. The maximum Gasteiger partial charge on any atom is 0.312 e. The average Bonchev–Trinajstić information content (AvgIpc) is 2.33. The van der Waals surface area contributed by atoms with Gasteiger partial charge in [0, 0.05) is 5.56 Å². The van der Waals surface area contributed by atoms with Crippen LogP contribution in [0.4, 0.5) is 0 Å². The Balaban J connectivity index is 3.20. The Hall–Kier alpha value is -0.770. The van der Waals surface area contributed by atoms with Crippen LogP contribution in [0.25, 0.3) is 0 Å². The molecule has 0 bridgehead atoms. The summed E-state index contributed by atoms with van der Waals surface area (Å²) in [7, 11) is 0. The Morgan fingerprint density at radius 2 is 2.05 bits per heavy atom. The highest BCUT2D eigenvalue weighted by molar-refractivity contribution is 6.42. The molecule has 0 radical (unpaired) electrons. The summed E-state index contributed by atoms with van der Waals surface area (Å²) in [5.41, 5.74) is -0.996. The lowest BCUT2D eigenvalue weighted by atomic mass is 9.81. The molecule has 1 aromatic carbocycles. The van der Waals surface area contributed by atoms with Crippen molar-refractivity contribution in [2.45, 2.75) is 32.8 Å². The van der Waals surface area contributed by atoms with Gasteiger partial charge in [-0.05, 0) is 26.3 Å². The lowest BCUT2D eigenvalue weighted by molar-refractivity contribution is -0.158. The maximum absolute atomic E-state index is 11.9. The second kappa shape index (κ2) is 6.60. The summed E-state index contributed by atoms with van der Waals surface area (Å²) in [4.78, 5) is 11.9. The van der Waals surface area contributed by atoms with Crippen molar-refractivity contribution < 1.29 is 14.6 Å². The lowest BCUT2D eigenvalue weighted by Gasteiger charge is -2.32. The summed E-state index contributed by atoms with van der Waals surface area (Å²) in [6.07, 6.45) is 0.439. The van der Waals surface area contributed by atoms with Gasteiger partial charge in [0.2, 0.25) is 0 Å². The van der Waals surface area contributed by atoms with E-state index in [4.69, 9.17) is 27.9 Å². The molecule has 1 aromatic rings. The van der Waals surface area contributed by atoms with Crippen LogP contribution in [0.1, 0.15) is 32.8 Å². The van der Waals surface area contributed by atoms with Gasteiger partial charge in [0.1, 0.15) is 5.60 Å². The van der Waals surface area contributed by atoms with Gasteiger partial charge in [-0.2, -0.15) is 0 Å². The summed E-state index contributed by atoms with van der Waals surface area (Å²) >= 11 is 12.1. The van der Waals surface area contributed by atoms with Crippen LogP contribution >= 0.6 is 23.2 Å². The van der Waals surface area contributed by atoms with Crippen LogP contribution in [0.5, 0.6) is 0 Å². The third-order valence-corrected chi connectivity index (χ3v) is 3.97. The van der Waals surface area contributed by atoms with E-state index in [0.717, 1.165) is 0 Å². The van der Waals surface area contributed by atoms with E-state index in [-0.39, 0.29) is 11.6 Å². The highest BCUT2D eigenvalue weighted by Crippen LogP contribution is 2.39. The van der Waals surface area contributed by atoms with Crippen LogP contribution in [0.2, 0.25) is 10.0 Å². The van der Waals surface area contributed by atoms with E-state index in [1.165, 1.54) is 0 Å². The number of halogens is 2. The zero-order chi connectivity index (χ0) is 14.6. The standard InChI is InChI=1S/C14H18Cl2O3/c1-4-9(13(17)19-5-2)14(3,18)10-7-6-8-11(15)12(10)16/h6-9,18H,4-5H2,1-3H3. The van der Waals surface area contributed by atoms with E-state index >= 15 is 0 Å². The average molecular weight is 305 g/mol. The van der Waals surface area contributed by atoms with E-state index < -0.39 is 17.5 Å². The van der Waals surface area contributed by atoms with E-state index in [9.17, 15) is 9.90 Å². The molecular weight excluding hydrogens is 287 g/mol. The number of aliphatic hydroxyl groups is 1. The normalized spacial score (nSPS) is 15.7. The van der Waals surface area contributed by atoms with Crippen molar-refractivity contribution in [3.63, 3.8) is 0 Å². The molecule has 0 saturated carbocycles. The first-order chi connectivity index (χ1) is 8.86. The number of hydrogen-bond donors (Lipinski definition) is 1. The van der Waals surface area contributed by atoms with Gasteiger partial charge >= 0.3 is 5.97 Å². The fraction of sp³-hybridized carbons (Fsp3) is 0.500. The van der Waals surface area contributed by atoms with Crippen molar-refractivity contribution in [3.8, 4) is 0 Å². The predicted molar refractivity (Wildman–Crippen MR) is 76.4 cm³/mol. The van der Waals surface area contributed by atoms with Gasteiger partial charge in [0.05, 0.1) is 22.6 Å². The smallest absolute Gasteiger partial charge is 0.312 e. The number of hydrogen-bond acceptors (Lipinski definition) is 3. The molecule has 19 heavy (non-hydrogen) atoms. The minimum atomic E-state index is -1.43. The third kappa shape index (κ3) is 3.41. The second-order valence-electron chi connectivity index (χ2n) is 4.46. The molecule has 106 valence electrons. The fourth-order valence-electron chi connectivity index (χ4n) is 2.12. The van der Waals surface area contributed by atoms with E-state index in [1.807, 2.05) is 6.92 Å². The lowest BCUT2D eigenvalue weighted by Crippen LogP contribution is -2.38. The molecular formula is C14H18Cl2O3. The fourth-order valence-corrected chi connectivity index (χ4v) is 2.61. The van der Waals surface area contributed by atoms with Crippen LogP contribution in [-0.4, -0.2) is 17.7 Å². The highest BCUT2D eigenvalue weighted by atomic mass is 35.5. The Morgan fingerprint density at radius 1 is 1.42 bits per heavy atom. The van der Waals surface area contributed by atoms with Crippen LogP contribution < -0.4 is 0 Å². The van der Waals surface area contributed by atoms with Crippen molar-refractivity contribution in [3.05, 3.63) is 33.8 Å². The van der Waals surface area contributed by atoms with Crippen LogP contribution in [0.15, 0.2) is 18.2 Å². The molecule has 0 fully saturated rings. The summed E-state index contributed by atoms with van der Waals surface area (Å²) in [5, 5.41) is 11.3. The van der Waals surface area contributed by atoms with Gasteiger partial charge in [-0.3, -0.25) is 4.79 Å². The molecule has 0 aliphatic rings. The van der Waals surface area contributed by atoms with Crippen molar-refractivity contribution in [1.29, 1.82) is 0 Å². The molecule has 0 aromatic heterocycles. The van der Waals surface area contributed by atoms with Crippen molar-refractivity contribution in [1.82, 2.24) is 0 Å². The van der Waals surface area contributed by atoms with Crippen LogP contribution in [-0.2, 0) is 15.1 Å². The summed E-state index contributed by atoms with van der Waals surface area (Å²) in [6.45, 7) is 5.37. The van der Waals surface area contributed by atoms with Gasteiger partial charge < -0.3 is 9.84 Å². The van der Waals surface area contributed by atoms with Gasteiger partial charge in [-0.1, -0.05) is 42.3 Å². The Labute approximate surface area is 123 Å². The largest absolute Gasteiger partial charge is 0.466 e. The number of carbonyl (C=O) groups excluding carboxylic acids is 1. The molecule has 0 amide bonds. The molecule has 1 N–H and O–H groups in total. The van der Waals surface area contributed by atoms with Gasteiger partial charge in [0.15, 0.2) is 0 Å². The third-order valence-electron chi connectivity index (χ3n) is 3.15.